The Kier molecular flexibility index (Phi) is 6.60. The van der Waals surface area contributed by atoms with Crippen molar-refractivity contribution in [3.63, 3.8) is 0 Å². The van der Waals surface area contributed by atoms with Crippen LogP contribution in [0.5, 0.6) is 0 Å². The van der Waals surface area contributed by atoms with Gasteiger partial charge in [-0.2, -0.15) is 0 Å². The molecule has 34 heavy (non-hydrogen) atoms. The number of benzene rings is 2. The third-order valence-corrected chi connectivity index (χ3v) is 5.32. The summed E-state index contributed by atoms with van der Waals surface area (Å²) in [6, 6.07) is 11.9. The standard InChI is InChI=1S/C24H26FN7O2/c1-3-31-21-9-8-18(32(27)14-19(26)24(33)34-4-2)13-20(21)29-22(31)15-30-11-10-28-23(30)16-6-5-7-17(25)12-16/h5-14H,3-4,15,26-27H2,1-2H3/b19-14-. The number of hydrogen-bond donors (Lipinski definition) is 2. The summed E-state index contributed by atoms with van der Waals surface area (Å²) in [5, 5.41) is 1.26. The van der Waals surface area contributed by atoms with Gasteiger partial charge in [0, 0.05) is 24.5 Å². The second kappa shape index (κ2) is 9.75. The Labute approximate surface area is 196 Å². The number of esters is 1. The fraction of sp³-hybridized carbons (Fsp3) is 0.208. The molecule has 0 aliphatic rings. The Morgan fingerprint density at radius 2 is 2.06 bits per heavy atom. The molecule has 4 aromatic rings. The molecule has 0 saturated carbocycles. The predicted octanol–water partition coefficient (Wildman–Crippen LogP) is 3.15. The number of nitrogens with two attached hydrogens (primary N) is 2. The molecule has 2 heterocycles. The lowest BCUT2D eigenvalue weighted by molar-refractivity contribution is -0.138. The normalized spacial score (nSPS) is 11.7. The van der Waals surface area contributed by atoms with Crippen molar-refractivity contribution in [3.05, 3.63) is 78.4 Å². The van der Waals surface area contributed by atoms with Crippen molar-refractivity contribution < 1.29 is 13.9 Å². The first-order chi connectivity index (χ1) is 16.4. The van der Waals surface area contributed by atoms with E-state index < -0.39 is 5.97 Å². The lowest BCUT2D eigenvalue weighted by Crippen LogP contribution is -2.28. The van der Waals surface area contributed by atoms with E-state index in [2.05, 4.69) is 9.55 Å². The van der Waals surface area contributed by atoms with Crippen molar-refractivity contribution in [2.24, 2.45) is 11.6 Å². The topological polar surface area (TPSA) is 117 Å². The largest absolute Gasteiger partial charge is 0.461 e. The zero-order chi connectivity index (χ0) is 24.2. The number of nitrogens with zero attached hydrogens (tertiary/aromatic N) is 5. The first-order valence-electron chi connectivity index (χ1n) is 10.9. The molecule has 0 amide bonds. The molecule has 0 spiro atoms. The van der Waals surface area contributed by atoms with Gasteiger partial charge in [0.15, 0.2) is 0 Å². The Morgan fingerprint density at radius 1 is 1.24 bits per heavy atom. The smallest absolute Gasteiger partial charge is 0.355 e. The molecular weight excluding hydrogens is 437 g/mol. The van der Waals surface area contributed by atoms with Crippen LogP contribution in [0.3, 0.4) is 0 Å². The van der Waals surface area contributed by atoms with Crippen LogP contribution in [0, 0.1) is 5.82 Å². The van der Waals surface area contributed by atoms with Crippen molar-refractivity contribution in [2.45, 2.75) is 26.9 Å². The van der Waals surface area contributed by atoms with Gasteiger partial charge < -0.3 is 19.6 Å². The molecule has 2 aromatic heterocycles. The summed E-state index contributed by atoms with van der Waals surface area (Å²) in [5.74, 6) is 6.62. The van der Waals surface area contributed by atoms with Gasteiger partial charge in [-0.3, -0.25) is 5.01 Å². The van der Waals surface area contributed by atoms with Gasteiger partial charge in [0.25, 0.3) is 0 Å². The number of aromatic nitrogens is 4. The molecule has 10 heteroatoms. The summed E-state index contributed by atoms with van der Waals surface area (Å²) in [5.41, 5.74) is 8.63. The van der Waals surface area contributed by atoms with E-state index in [1.54, 1.807) is 19.2 Å². The van der Waals surface area contributed by atoms with Gasteiger partial charge in [-0.1, -0.05) is 12.1 Å². The highest BCUT2D eigenvalue weighted by atomic mass is 19.1. The van der Waals surface area contributed by atoms with Crippen LogP contribution in [0.25, 0.3) is 22.4 Å². The number of anilines is 1. The van der Waals surface area contributed by atoms with Crippen molar-refractivity contribution in [2.75, 3.05) is 11.6 Å². The number of imidazole rings is 2. The van der Waals surface area contributed by atoms with E-state index >= 15 is 0 Å². The summed E-state index contributed by atoms with van der Waals surface area (Å²) in [6.45, 7) is 5.12. The van der Waals surface area contributed by atoms with Crippen molar-refractivity contribution in [1.29, 1.82) is 0 Å². The van der Waals surface area contributed by atoms with Crippen LogP contribution < -0.4 is 16.6 Å². The molecule has 176 valence electrons. The Bertz CT molecular complexity index is 1360. The maximum absolute atomic E-state index is 13.7. The number of aryl methyl sites for hydroxylation is 1. The molecule has 9 nitrogen and oxygen atoms in total. The SMILES string of the molecule is CCOC(=O)/C(N)=C/N(N)c1ccc2c(c1)nc(Cn1ccnc1-c1cccc(F)c1)n2CC. The van der Waals surface area contributed by atoms with E-state index in [1.165, 1.54) is 23.3 Å². The van der Waals surface area contributed by atoms with E-state index in [9.17, 15) is 9.18 Å². The molecule has 4 rings (SSSR count). The maximum Gasteiger partial charge on any atom is 0.355 e. The first-order valence-corrected chi connectivity index (χ1v) is 10.9. The Hall–Kier alpha value is -4.18. The summed E-state index contributed by atoms with van der Waals surface area (Å²) in [7, 11) is 0. The van der Waals surface area contributed by atoms with Crippen LogP contribution in [-0.2, 0) is 22.6 Å². The number of carbonyl (C=O) groups excluding carboxylic acids is 1. The van der Waals surface area contributed by atoms with E-state index in [4.69, 9.17) is 21.3 Å². The van der Waals surface area contributed by atoms with Gasteiger partial charge in [-0.05, 0) is 44.2 Å². The van der Waals surface area contributed by atoms with Gasteiger partial charge in [0.2, 0.25) is 0 Å². The molecule has 4 N–H and O–H groups in total. The molecule has 0 aliphatic carbocycles. The first kappa shape index (κ1) is 23.0. The predicted molar refractivity (Wildman–Crippen MR) is 128 cm³/mol. The van der Waals surface area contributed by atoms with E-state index in [1.807, 2.05) is 42.0 Å². The fourth-order valence-corrected chi connectivity index (χ4v) is 3.77. The Balaban J connectivity index is 1.65. The molecule has 0 fully saturated rings. The average Bonchev–Trinajstić information content (AvgIpc) is 3.42. The minimum Gasteiger partial charge on any atom is -0.461 e. The second-order valence-electron chi connectivity index (χ2n) is 7.55. The molecule has 0 saturated heterocycles. The van der Waals surface area contributed by atoms with Crippen molar-refractivity contribution in [3.8, 4) is 11.4 Å². The fourth-order valence-electron chi connectivity index (χ4n) is 3.77. The lowest BCUT2D eigenvalue weighted by Gasteiger charge is -2.15. The van der Waals surface area contributed by atoms with Gasteiger partial charge >= 0.3 is 5.97 Å². The van der Waals surface area contributed by atoms with Crippen LogP contribution in [0.1, 0.15) is 19.7 Å². The molecule has 0 aliphatic heterocycles. The molecule has 0 radical (unpaired) electrons. The quantitative estimate of drug-likeness (QED) is 0.178. The van der Waals surface area contributed by atoms with Crippen molar-refractivity contribution in [1.82, 2.24) is 19.1 Å². The van der Waals surface area contributed by atoms with E-state index in [0.29, 0.717) is 30.2 Å². The number of ether oxygens (including phenoxy) is 1. The average molecular weight is 464 g/mol. The number of rotatable bonds is 8. The zero-order valence-electron chi connectivity index (χ0n) is 19.0. The molecule has 0 atom stereocenters. The summed E-state index contributed by atoms with van der Waals surface area (Å²) in [6.07, 6.45) is 4.84. The summed E-state index contributed by atoms with van der Waals surface area (Å²) < 4.78 is 22.6. The van der Waals surface area contributed by atoms with Crippen LogP contribution >= 0.6 is 0 Å². The lowest BCUT2D eigenvalue weighted by atomic mass is 10.2. The van der Waals surface area contributed by atoms with Crippen molar-refractivity contribution >= 4 is 22.7 Å². The highest BCUT2D eigenvalue weighted by Gasteiger charge is 2.15. The van der Waals surface area contributed by atoms with E-state index in [-0.39, 0.29) is 18.1 Å². The highest BCUT2D eigenvalue weighted by molar-refractivity contribution is 5.88. The minimum absolute atomic E-state index is 0.103. The molecular formula is C24H26FN7O2. The van der Waals surface area contributed by atoms with Crippen LogP contribution in [-0.4, -0.2) is 31.7 Å². The number of fused-ring (bicyclic) bond motifs is 1. The van der Waals surface area contributed by atoms with E-state index in [0.717, 1.165) is 16.9 Å². The van der Waals surface area contributed by atoms with Gasteiger partial charge in [-0.25, -0.2) is 25.0 Å². The maximum atomic E-state index is 13.7. The minimum atomic E-state index is -0.633. The second-order valence-corrected chi connectivity index (χ2v) is 7.55. The van der Waals surface area contributed by atoms with Gasteiger partial charge in [0.05, 0.1) is 36.1 Å². The zero-order valence-corrected chi connectivity index (χ0v) is 19.0. The molecule has 2 aromatic carbocycles. The van der Waals surface area contributed by atoms with Crippen LogP contribution in [0.4, 0.5) is 10.1 Å². The Morgan fingerprint density at radius 3 is 2.79 bits per heavy atom. The van der Waals surface area contributed by atoms with Gasteiger partial charge in [0.1, 0.15) is 23.2 Å². The monoisotopic (exact) mass is 463 g/mol. The number of halogens is 1. The molecule has 0 bridgehead atoms. The van der Waals surface area contributed by atoms with Crippen LogP contribution in [0.2, 0.25) is 0 Å². The number of carbonyl (C=O) groups is 1. The van der Waals surface area contributed by atoms with Gasteiger partial charge in [-0.15, -0.1) is 0 Å². The third kappa shape index (κ3) is 4.62. The summed E-state index contributed by atoms with van der Waals surface area (Å²) in [4.78, 5) is 21.0. The number of hydrazine groups is 1. The number of hydrogen-bond acceptors (Lipinski definition) is 7. The highest BCUT2D eigenvalue weighted by Crippen LogP contribution is 2.25. The summed E-state index contributed by atoms with van der Waals surface area (Å²) >= 11 is 0. The third-order valence-electron chi connectivity index (χ3n) is 5.32. The molecule has 0 unspecified atom stereocenters. The van der Waals surface area contributed by atoms with Crippen LogP contribution in [0.15, 0.2) is 66.8 Å².